The lowest BCUT2D eigenvalue weighted by Gasteiger charge is -2.19. The zero-order chi connectivity index (χ0) is 12.4. The van der Waals surface area contributed by atoms with E-state index >= 15 is 0 Å². The van der Waals surface area contributed by atoms with Crippen molar-refractivity contribution in [2.45, 2.75) is 58.5 Å². The zero-order valence-electron chi connectivity index (χ0n) is 11.1. The predicted octanol–water partition coefficient (Wildman–Crippen LogP) is 2.17. The number of nitrogens with two attached hydrogens (primary N) is 1. The highest BCUT2D eigenvalue weighted by Crippen LogP contribution is 2.32. The molecule has 1 fully saturated rings. The van der Waals surface area contributed by atoms with E-state index in [2.05, 4.69) is 30.9 Å². The van der Waals surface area contributed by atoms with Crippen molar-refractivity contribution in [3.63, 3.8) is 0 Å². The maximum Gasteiger partial charge on any atom is 0.138 e. The summed E-state index contributed by atoms with van der Waals surface area (Å²) in [6, 6.07) is 0.601. The molecule has 2 N–H and O–H groups in total. The van der Waals surface area contributed by atoms with Gasteiger partial charge in [0.15, 0.2) is 0 Å². The summed E-state index contributed by atoms with van der Waals surface area (Å²) < 4.78 is 1.98. The summed E-state index contributed by atoms with van der Waals surface area (Å²) in [5.74, 6) is 2.54. The summed E-state index contributed by atoms with van der Waals surface area (Å²) in [6.07, 6.45) is 6.37. The van der Waals surface area contributed by atoms with E-state index in [4.69, 9.17) is 5.73 Å². The van der Waals surface area contributed by atoms with Gasteiger partial charge < -0.3 is 5.73 Å². The molecule has 0 amide bonds. The SMILES string of the molecule is CC1CCC(C(N)Cc2ncnn2C(C)C)C1. The average molecular weight is 236 g/mol. The van der Waals surface area contributed by atoms with Gasteiger partial charge in [-0.15, -0.1) is 0 Å². The normalized spacial score (nSPS) is 26.6. The Bertz CT molecular complexity index is 358. The molecular weight excluding hydrogens is 212 g/mol. The standard InChI is InChI=1S/C13H24N4/c1-9(2)17-13(15-8-16-17)7-12(14)11-5-4-10(3)6-11/h8-12H,4-7,14H2,1-3H3. The van der Waals surface area contributed by atoms with Crippen LogP contribution in [-0.2, 0) is 6.42 Å². The average Bonchev–Trinajstić information content (AvgIpc) is 2.86. The monoisotopic (exact) mass is 236 g/mol. The minimum atomic E-state index is 0.238. The van der Waals surface area contributed by atoms with Crippen LogP contribution >= 0.6 is 0 Å². The Morgan fingerprint density at radius 2 is 2.24 bits per heavy atom. The number of hydrogen-bond acceptors (Lipinski definition) is 3. The maximum absolute atomic E-state index is 6.32. The van der Waals surface area contributed by atoms with E-state index in [1.165, 1.54) is 19.3 Å². The van der Waals surface area contributed by atoms with Gasteiger partial charge >= 0.3 is 0 Å². The van der Waals surface area contributed by atoms with Crippen LogP contribution in [0.5, 0.6) is 0 Å². The summed E-state index contributed by atoms with van der Waals surface area (Å²) in [7, 11) is 0. The molecule has 1 saturated carbocycles. The smallest absolute Gasteiger partial charge is 0.138 e. The van der Waals surface area contributed by atoms with Crippen LogP contribution in [0.1, 0.15) is 51.9 Å². The van der Waals surface area contributed by atoms with Crippen LogP contribution in [0, 0.1) is 11.8 Å². The molecule has 4 nitrogen and oxygen atoms in total. The summed E-state index contributed by atoms with van der Waals surface area (Å²) in [4.78, 5) is 4.34. The van der Waals surface area contributed by atoms with Crippen LogP contribution in [0.2, 0.25) is 0 Å². The van der Waals surface area contributed by atoms with E-state index in [9.17, 15) is 0 Å². The molecule has 0 aliphatic heterocycles. The van der Waals surface area contributed by atoms with Gasteiger partial charge in [0.25, 0.3) is 0 Å². The van der Waals surface area contributed by atoms with E-state index in [1.54, 1.807) is 6.33 Å². The molecule has 3 atom stereocenters. The molecule has 1 heterocycles. The van der Waals surface area contributed by atoms with Crippen molar-refractivity contribution >= 4 is 0 Å². The molecule has 0 spiro atoms. The third-order valence-electron chi connectivity index (χ3n) is 3.90. The van der Waals surface area contributed by atoms with Crippen LogP contribution in [0.4, 0.5) is 0 Å². The van der Waals surface area contributed by atoms with Crippen LogP contribution in [-0.4, -0.2) is 20.8 Å². The lowest BCUT2D eigenvalue weighted by Crippen LogP contribution is -2.32. The Balaban J connectivity index is 1.98. The van der Waals surface area contributed by atoms with Crippen molar-refractivity contribution in [2.24, 2.45) is 17.6 Å². The van der Waals surface area contributed by atoms with Crippen molar-refractivity contribution in [1.82, 2.24) is 14.8 Å². The van der Waals surface area contributed by atoms with Gasteiger partial charge in [-0.25, -0.2) is 9.67 Å². The third kappa shape index (κ3) is 2.86. The first-order valence-electron chi connectivity index (χ1n) is 6.72. The molecule has 1 aromatic rings. The van der Waals surface area contributed by atoms with Gasteiger partial charge in [-0.05, 0) is 38.5 Å². The lowest BCUT2D eigenvalue weighted by molar-refractivity contribution is 0.396. The number of rotatable bonds is 4. The lowest BCUT2D eigenvalue weighted by atomic mass is 9.95. The fourth-order valence-corrected chi connectivity index (χ4v) is 2.87. The van der Waals surface area contributed by atoms with Crippen LogP contribution in [0.15, 0.2) is 6.33 Å². The van der Waals surface area contributed by atoms with Crippen LogP contribution < -0.4 is 5.73 Å². The predicted molar refractivity (Wildman–Crippen MR) is 68.6 cm³/mol. The first-order chi connectivity index (χ1) is 8.08. The van der Waals surface area contributed by atoms with Crippen molar-refractivity contribution in [2.75, 3.05) is 0 Å². The molecule has 2 rings (SSSR count). The first kappa shape index (κ1) is 12.6. The summed E-state index contributed by atoms with van der Waals surface area (Å²) >= 11 is 0. The van der Waals surface area contributed by atoms with Crippen molar-refractivity contribution in [1.29, 1.82) is 0 Å². The van der Waals surface area contributed by atoms with Gasteiger partial charge in [-0.2, -0.15) is 5.10 Å². The molecule has 17 heavy (non-hydrogen) atoms. The molecule has 0 bridgehead atoms. The van der Waals surface area contributed by atoms with Crippen molar-refractivity contribution in [3.8, 4) is 0 Å². The molecule has 0 radical (unpaired) electrons. The molecule has 4 heteroatoms. The zero-order valence-corrected chi connectivity index (χ0v) is 11.1. The number of aromatic nitrogens is 3. The van der Waals surface area contributed by atoms with Crippen molar-refractivity contribution in [3.05, 3.63) is 12.2 Å². The van der Waals surface area contributed by atoms with E-state index in [1.807, 2.05) is 4.68 Å². The van der Waals surface area contributed by atoms with Gasteiger partial charge in [0.05, 0.1) is 0 Å². The maximum atomic E-state index is 6.32. The molecule has 96 valence electrons. The molecule has 1 aliphatic rings. The third-order valence-corrected chi connectivity index (χ3v) is 3.90. The van der Waals surface area contributed by atoms with Gasteiger partial charge in [-0.1, -0.05) is 13.3 Å². The fraction of sp³-hybridized carbons (Fsp3) is 0.846. The number of nitrogens with zero attached hydrogens (tertiary/aromatic N) is 3. The largest absolute Gasteiger partial charge is 0.327 e. The molecule has 0 saturated heterocycles. The van der Waals surface area contributed by atoms with E-state index in [-0.39, 0.29) is 6.04 Å². The quantitative estimate of drug-likeness (QED) is 0.871. The number of hydrogen-bond donors (Lipinski definition) is 1. The molecular formula is C13H24N4. The summed E-state index contributed by atoms with van der Waals surface area (Å²) in [5.41, 5.74) is 6.32. The van der Waals surface area contributed by atoms with Crippen LogP contribution in [0.3, 0.4) is 0 Å². The molecule has 1 aromatic heterocycles. The highest BCUT2D eigenvalue weighted by atomic mass is 15.3. The molecule has 0 aromatic carbocycles. The fourth-order valence-electron chi connectivity index (χ4n) is 2.87. The minimum Gasteiger partial charge on any atom is -0.327 e. The van der Waals surface area contributed by atoms with Gasteiger partial charge in [-0.3, -0.25) is 0 Å². The van der Waals surface area contributed by atoms with Gasteiger partial charge in [0.1, 0.15) is 12.2 Å². The first-order valence-corrected chi connectivity index (χ1v) is 6.72. The second-order valence-electron chi connectivity index (χ2n) is 5.76. The highest BCUT2D eigenvalue weighted by Gasteiger charge is 2.27. The topological polar surface area (TPSA) is 56.7 Å². The second kappa shape index (κ2) is 5.17. The van der Waals surface area contributed by atoms with Gasteiger partial charge in [0.2, 0.25) is 0 Å². The summed E-state index contributed by atoms with van der Waals surface area (Å²) in [5, 5.41) is 4.26. The Morgan fingerprint density at radius 3 is 2.82 bits per heavy atom. The Labute approximate surface area is 104 Å². The Morgan fingerprint density at radius 1 is 1.47 bits per heavy atom. The second-order valence-corrected chi connectivity index (χ2v) is 5.76. The van der Waals surface area contributed by atoms with E-state index in [0.717, 1.165) is 18.2 Å². The Hall–Kier alpha value is -0.900. The molecule has 1 aliphatic carbocycles. The van der Waals surface area contributed by atoms with Crippen LogP contribution in [0.25, 0.3) is 0 Å². The van der Waals surface area contributed by atoms with E-state index < -0.39 is 0 Å². The highest BCUT2D eigenvalue weighted by molar-refractivity contribution is 4.93. The van der Waals surface area contributed by atoms with Crippen molar-refractivity contribution < 1.29 is 0 Å². The minimum absolute atomic E-state index is 0.238. The molecule has 3 unspecified atom stereocenters. The van der Waals surface area contributed by atoms with Gasteiger partial charge in [0, 0.05) is 18.5 Å². The summed E-state index contributed by atoms with van der Waals surface area (Å²) in [6.45, 7) is 6.58. The van der Waals surface area contributed by atoms with E-state index in [0.29, 0.717) is 12.0 Å². The Kier molecular flexibility index (Phi) is 3.82.